The van der Waals surface area contributed by atoms with Crippen LogP contribution < -0.4 is 11.1 Å². The molecule has 3 nitrogen and oxygen atoms in total. The van der Waals surface area contributed by atoms with Crippen molar-refractivity contribution >= 4 is 5.91 Å². The molecule has 0 aromatic rings. The maximum atomic E-state index is 11.8. The van der Waals surface area contributed by atoms with Crippen LogP contribution in [0.15, 0.2) is 0 Å². The van der Waals surface area contributed by atoms with E-state index in [2.05, 4.69) is 46.9 Å². The average molecular weight is 256 g/mol. The zero-order chi connectivity index (χ0) is 14.4. The maximum Gasteiger partial charge on any atom is 0.220 e. The minimum atomic E-state index is 0.155. The Kier molecular flexibility index (Phi) is 6.90. The number of amides is 1. The molecule has 3 heteroatoms. The summed E-state index contributed by atoms with van der Waals surface area (Å²) in [6.45, 7) is 14.5. The number of hydrogen-bond donors (Lipinski definition) is 2. The minimum Gasteiger partial charge on any atom is -0.356 e. The van der Waals surface area contributed by atoms with Crippen LogP contribution in [-0.4, -0.2) is 19.0 Å². The zero-order valence-corrected chi connectivity index (χ0v) is 13.1. The van der Waals surface area contributed by atoms with Gasteiger partial charge >= 0.3 is 0 Å². The van der Waals surface area contributed by atoms with Crippen molar-refractivity contribution in [3.63, 3.8) is 0 Å². The maximum absolute atomic E-state index is 11.8. The van der Waals surface area contributed by atoms with Crippen LogP contribution in [0.25, 0.3) is 0 Å². The van der Waals surface area contributed by atoms with Crippen LogP contribution >= 0.6 is 0 Å². The molecule has 0 aromatic heterocycles. The summed E-state index contributed by atoms with van der Waals surface area (Å²) in [5, 5.41) is 3.05. The first-order valence-corrected chi connectivity index (χ1v) is 7.07. The topological polar surface area (TPSA) is 55.1 Å². The number of carbonyl (C=O) groups excluding carboxylic acids is 1. The van der Waals surface area contributed by atoms with Crippen molar-refractivity contribution in [3.8, 4) is 0 Å². The third kappa shape index (κ3) is 7.00. The molecule has 1 amide bonds. The van der Waals surface area contributed by atoms with Crippen LogP contribution in [0.3, 0.4) is 0 Å². The molecule has 0 heterocycles. The van der Waals surface area contributed by atoms with E-state index >= 15 is 0 Å². The quantitative estimate of drug-likeness (QED) is 0.701. The molecule has 0 atom stereocenters. The summed E-state index contributed by atoms with van der Waals surface area (Å²) in [5.74, 6) is 0.723. The standard InChI is InChI=1S/C15H32N2O/c1-12(2)15(5,6)11-17-13(18)7-8-14(3,4)9-10-16/h12H,7-11,16H2,1-6H3,(H,17,18). The molecular formula is C15H32N2O. The fraction of sp³-hybridized carbons (Fsp3) is 0.933. The normalized spacial score (nSPS) is 12.9. The molecule has 0 aliphatic carbocycles. The molecule has 0 fully saturated rings. The summed E-state index contributed by atoms with van der Waals surface area (Å²) in [6.07, 6.45) is 2.47. The molecule has 0 aromatic carbocycles. The van der Waals surface area contributed by atoms with Gasteiger partial charge < -0.3 is 11.1 Å². The van der Waals surface area contributed by atoms with Gasteiger partial charge in [-0.05, 0) is 36.1 Å². The summed E-state index contributed by atoms with van der Waals surface area (Å²) in [6, 6.07) is 0. The van der Waals surface area contributed by atoms with Gasteiger partial charge in [0.1, 0.15) is 0 Å². The fourth-order valence-corrected chi connectivity index (χ4v) is 1.59. The van der Waals surface area contributed by atoms with Crippen LogP contribution in [0.4, 0.5) is 0 Å². The minimum absolute atomic E-state index is 0.155. The average Bonchev–Trinajstić information content (AvgIpc) is 2.23. The molecule has 0 unspecified atom stereocenters. The van der Waals surface area contributed by atoms with E-state index in [4.69, 9.17) is 5.73 Å². The SMILES string of the molecule is CC(C)C(C)(C)CNC(=O)CCC(C)(C)CCN. The molecule has 0 rings (SSSR count). The Morgan fingerprint density at radius 1 is 1.17 bits per heavy atom. The number of hydrogen-bond acceptors (Lipinski definition) is 2. The second-order valence-electron chi connectivity index (χ2n) is 7.12. The van der Waals surface area contributed by atoms with Crippen molar-refractivity contribution < 1.29 is 4.79 Å². The number of rotatable bonds is 8. The lowest BCUT2D eigenvalue weighted by Gasteiger charge is -2.29. The van der Waals surface area contributed by atoms with Gasteiger partial charge in [-0.15, -0.1) is 0 Å². The van der Waals surface area contributed by atoms with Gasteiger partial charge in [-0.3, -0.25) is 4.79 Å². The molecule has 0 saturated heterocycles. The monoisotopic (exact) mass is 256 g/mol. The number of carbonyl (C=O) groups is 1. The lowest BCUT2D eigenvalue weighted by atomic mass is 9.81. The summed E-state index contributed by atoms with van der Waals surface area (Å²) in [7, 11) is 0. The second-order valence-corrected chi connectivity index (χ2v) is 7.12. The molecule has 108 valence electrons. The van der Waals surface area contributed by atoms with Gasteiger partial charge in [0.25, 0.3) is 0 Å². The van der Waals surface area contributed by atoms with Crippen LogP contribution in [0, 0.1) is 16.7 Å². The molecule has 18 heavy (non-hydrogen) atoms. The van der Waals surface area contributed by atoms with Gasteiger partial charge in [0.15, 0.2) is 0 Å². The molecule has 0 aliphatic rings. The molecule has 3 N–H and O–H groups in total. The predicted molar refractivity (Wildman–Crippen MR) is 78.3 cm³/mol. The number of nitrogens with one attached hydrogen (secondary N) is 1. The third-order valence-corrected chi connectivity index (χ3v) is 4.15. The Labute approximate surface area is 113 Å². The lowest BCUT2D eigenvalue weighted by molar-refractivity contribution is -0.122. The van der Waals surface area contributed by atoms with Gasteiger partial charge in [0.2, 0.25) is 5.91 Å². The van der Waals surface area contributed by atoms with E-state index in [1.54, 1.807) is 0 Å². The molecule has 0 aliphatic heterocycles. The van der Waals surface area contributed by atoms with Crippen molar-refractivity contribution in [2.24, 2.45) is 22.5 Å². The van der Waals surface area contributed by atoms with E-state index in [0.29, 0.717) is 18.9 Å². The Morgan fingerprint density at radius 2 is 1.72 bits per heavy atom. The van der Waals surface area contributed by atoms with Gasteiger partial charge in [-0.1, -0.05) is 41.5 Å². The Balaban J connectivity index is 4.00. The zero-order valence-electron chi connectivity index (χ0n) is 13.1. The van der Waals surface area contributed by atoms with Crippen molar-refractivity contribution in [1.29, 1.82) is 0 Å². The third-order valence-electron chi connectivity index (χ3n) is 4.15. The van der Waals surface area contributed by atoms with Crippen LogP contribution in [0.2, 0.25) is 0 Å². The summed E-state index contributed by atoms with van der Waals surface area (Å²) in [4.78, 5) is 11.8. The van der Waals surface area contributed by atoms with E-state index in [-0.39, 0.29) is 16.7 Å². The van der Waals surface area contributed by atoms with Crippen molar-refractivity contribution in [1.82, 2.24) is 5.32 Å². The second kappa shape index (κ2) is 7.13. The molecular weight excluding hydrogens is 224 g/mol. The van der Waals surface area contributed by atoms with Crippen molar-refractivity contribution in [2.75, 3.05) is 13.1 Å². The van der Waals surface area contributed by atoms with Gasteiger partial charge in [-0.25, -0.2) is 0 Å². The Morgan fingerprint density at radius 3 is 2.17 bits per heavy atom. The predicted octanol–water partition coefficient (Wildman–Crippen LogP) is 2.94. The highest BCUT2D eigenvalue weighted by atomic mass is 16.1. The van der Waals surface area contributed by atoms with E-state index in [0.717, 1.165) is 19.4 Å². The van der Waals surface area contributed by atoms with E-state index in [1.165, 1.54) is 0 Å². The number of nitrogens with two attached hydrogens (primary N) is 1. The summed E-state index contributed by atoms with van der Waals surface area (Å²) >= 11 is 0. The van der Waals surface area contributed by atoms with Crippen LogP contribution in [0.1, 0.15) is 60.8 Å². The highest BCUT2D eigenvalue weighted by Gasteiger charge is 2.23. The fourth-order valence-electron chi connectivity index (χ4n) is 1.59. The first-order chi connectivity index (χ1) is 8.10. The highest BCUT2D eigenvalue weighted by molar-refractivity contribution is 5.75. The van der Waals surface area contributed by atoms with Crippen LogP contribution in [0.5, 0.6) is 0 Å². The van der Waals surface area contributed by atoms with E-state index < -0.39 is 0 Å². The molecule has 0 radical (unpaired) electrons. The Bertz CT molecular complexity index is 257. The largest absolute Gasteiger partial charge is 0.356 e. The van der Waals surface area contributed by atoms with Crippen molar-refractivity contribution in [2.45, 2.75) is 60.8 Å². The van der Waals surface area contributed by atoms with Gasteiger partial charge in [0.05, 0.1) is 0 Å². The first-order valence-electron chi connectivity index (χ1n) is 7.07. The molecule has 0 spiro atoms. The summed E-state index contributed by atoms with van der Waals surface area (Å²) in [5.41, 5.74) is 5.89. The van der Waals surface area contributed by atoms with Crippen LogP contribution in [-0.2, 0) is 4.79 Å². The van der Waals surface area contributed by atoms with E-state index in [9.17, 15) is 4.79 Å². The van der Waals surface area contributed by atoms with E-state index in [1.807, 2.05) is 0 Å². The highest BCUT2D eigenvalue weighted by Crippen LogP contribution is 2.27. The Hall–Kier alpha value is -0.570. The summed E-state index contributed by atoms with van der Waals surface area (Å²) < 4.78 is 0. The van der Waals surface area contributed by atoms with Gasteiger partial charge in [0, 0.05) is 13.0 Å². The lowest BCUT2D eigenvalue weighted by Crippen LogP contribution is -2.37. The molecule has 0 bridgehead atoms. The molecule has 0 saturated carbocycles. The smallest absolute Gasteiger partial charge is 0.220 e. The van der Waals surface area contributed by atoms with Crippen molar-refractivity contribution in [3.05, 3.63) is 0 Å². The van der Waals surface area contributed by atoms with Gasteiger partial charge in [-0.2, -0.15) is 0 Å². The first kappa shape index (κ1) is 17.4.